The molecular formula is C11H18F3N3O2. The monoisotopic (exact) mass is 281 g/mol. The number of amides is 1. The molecule has 19 heavy (non-hydrogen) atoms. The zero-order valence-corrected chi connectivity index (χ0v) is 10.7. The number of rotatable bonds is 3. The van der Waals surface area contributed by atoms with Crippen molar-refractivity contribution in [2.75, 3.05) is 13.1 Å². The second-order valence-electron chi connectivity index (χ2n) is 4.63. The van der Waals surface area contributed by atoms with E-state index in [4.69, 9.17) is 10.9 Å². The summed E-state index contributed by atoms with van der Waals surface area (Å²) in [6, 6.07) is 0. The van der Waals surface area contributed by atoms with Gasteiger partial charge in [0.25, 0.3) is 0 Å². The van der Waals surface area contributed by atoms with Crippen LogP contribution in [0.25, 0.3) is 0 Å². The second kappa shape index (κ2) is 6.12. The molecule has 1 atom stereocenters. The number of piperidine rings is 1. The number of hydrogen-bond acceptors (Lipinski definition) is 3. The van der Waals surface area contributed by atoms with Gasteiger partial charge in [-0.25, -0.2) is 0 Å². The van der Waals surface area contributed by atoms with E-state index >= 15 is 0 Å². The average molecular weight is 281 g/mol. The quantitative estimate of drug-likeness (QED) is 0.356. The summed E-state index contributed by atoms with van der Waals surface area (Å²) in [5, 5.41) is 11.4. The van der Waals surface area contributed by atoms with Gasteiger partial charge in [0.05, 0.1) is 11.8 Å². The van der Waals surface area contributed by atoms with Crippen molar-refractivity contribution in [1.29, 1.82) is 0 Å². The van der Waals surface area contributed by atoms with E-state index in [1.165, 1.54) is 4.90 Å². The van der Waals surface area contributed by atoms with E-state index in [0.29, 0.717) is 6.42 Å². The lowest BCUT2D eigenvalue weighted by Gasteiger charge is -2.34. The Hall–Kier alpha value is -1.47. The van der Waals surface area contributed by atoms with Crippen molar-refractivity contribution >= 4 is 11.7 Å². The first-order valence-electron chi connectivity index (χ1n) is 6.14. The van der Waals surface area contributed by atoms with E-state index < -0.39 is 18.0 Å². The molecule has 0 bridgehead atoms. The Labute approximate surface area is 109 Å². The smallest absolute Gasteiger partial charge is 0.391 e. The maximum absolute atomic E-state index is 12.5. The summed E-state index contributed by atoms with van der Waals surface area (Å²) in [6.07, 6.45) is -4.05. The number of oxime groups is 1. The van der Waals surface area contributed by atoms with Gasteiger partial charge in [-0.1, -0.05) is 12.1 Å². The predicted octanol–water partition coefficient (Wildman–Crippen LogP) is 1.56. The summed E-state index contributed by atoms with van der Waals surface area (Å²) in [7, 11) is 0. The summed E-state index contributed by atoms with van der Waals surface area (Å²) in [4.78, 5) is 13.4. The SMILES string of the molecule is CCC(C(=O)N1CCC(C(F)(F)F)CC1)C(N)=NO. The Morgan fingerprint density at radius 2 is 2.00 bits per heavy atom. The molecule has 1 amide bonds. The van der Waals surface area contributed by atoms with E-state index in [2.05, 4.69) is 5.16 Å². The van der Waals surface area contributed by atoms with Crippen molar-refractivity contribution in [1.82, 2.24) is 4.90 Å². The van der Waals surface area contributed by atoms with Gasteiger partial charge in [0.15, 0.2) is 5.84 Å². The molecule has 0 aromatic heterocycles. The number of carbonyl (C=O) groups is 1. The summed E-state index contributed by atoms with van der Waals surface area (Å²) in [5.74, 6) is -2.70. The number of likely N-dealkylation sites (tertiary alicyclic amines) is 1. The van der Waals surface area contributed by atoms with Crippen LogP contribution in [0.5, 0.6) is 0 Å². The van der Waals surface area contributed by atoms with E-state index in [-0.39, 0.29) is 37.7 Å². The largest absolute Gasteiger partial charge is 0.409 e. The zero-order valence-electron chi connectivity index (χ0n) is 10.7. The molecule has 3 N–H and O–H groups in total. The number of carbonyl (C=O) groups excluding carboxylic acids is 1. The molecule has 8 heteroatoms. The van der Waals surface area contributed by atoms with E-state index in [0.717, 1.165) is 0 Å². The van der Waals surface area contributed by atoms with Gasteiger partial charge in [-0.3, -0.25) is 4.79 Å². The van der Waals surface area contributed by atoms with Crippen LogP contribution in [-0.2, 0) is 4.79 Å². The Morgan fingerprint density at radius 3 is 2.37 bits per heavy atom. The molecule has 0 aromatic carbocycles. The molecule has 1 rings (SSSR count). The normalized spacial score (nSPS) is 20.4. The Balaban J connectivity index is 2.62. The van der Waals surface area contributed by atoms with Crippen LogP contribution in [0.15, 0.2) is 5.16 Å². The number of nitrogens with zero attached hydrogens (tertiary/aromatic N) is 2. The van der Waals surface area contributed by atoms with Gasteiger partial charge in [-0.2, -0.15) is 13.2 Å². The van der Waals surface area contributed by atoms with Crippen molar-refractivity contribution in [2.45, 2.75) is 32.4 Å². The fourth-order valence-electron chi connectivity index (χ4n) is 2.23. The van der Waals surface area contributed by atoms with Gasteiger partial charge < -0.3 is 15.8 Å². The highest BCUT2D eigenvalue weighted by Crippen LogP contribution is 2.34. The third-order valence-corrected chi connectivity index (χ3v) is 3.45. The van der Waals surface area contributed by atoms with E-state index in [1.807, 2.05) is 0 Å². The molecule has 1 aliphatic rings. The van der Waals surface area contributed by atoms with Crippen LogP contribution < -0.4 is 5.73 Å². The van der Waals surface area contributed by atoms with Crippen molar-refractivity contribution < 1.29 is 23.2 Å². The van der Waals surface area contributed by atoms with Crippen LogP contribution >= 0.6 is 0 Å². The van der Waals surface area contributed by atoms with Crippen molar-refractivity contribution in [3.05, 3.63) is 0 Å². The number of amidine groups is 1. The molecule has 0 aliphatic carbocycles. The third-order valence-electron chi connectivity index (χ3n) is 3.45. The molecule has 110 valence electrons. The number of halogens is 3. The molecule has 1 fully saturated rings. The standard InChI is InChI=1S/C11H18F3N3O2/c1-2-8(9(15)16-19)10(18)17-5-3-7(4-6-17)11(12,13)14/h7-8,19H,2-6H2,1H3,(H2,15,16). The van der Waals surface area contributed by atoms with Gasteiger partial charge in [0.2, 0.25) is 5.91 Å². The summed E-state index contributed by atoms with van der Waals surface area (Å²) < 4.78 is 37.5. The lowest BCUT2D eigenvalue weighted by molar-refractivity contribution is -0.186. The molecular weight excluding hydrogens is 263 g/mol. The molecule has 1 aliphatic heterocycles. The maximum atomic E-state index is 12.5. The number of alkyl halides is 3. The summed E-state index contributed by atoms with van der Waals surface area (Å²) in [6.45, 7) is 1.81. The topological polar surface area (TPSA) is 78.9 Å². The fourth-order valence-corrected chi connectivity index (χ4v) is 2.23. The first kappa shape index (κ1) is 15.6. The Morgan fingerprint density at radius 1 is 1.47 bits per heavy atom. The molecule has 0 spiro atoms. The van der Waals surface area contributed by atoms with Gasteiger partial charge in [-0.05, 0) is 19.3 Å². The maximum Gasteiger partial charge on any atom is 0.391 e. The molecule has 1 unspecified atom stereocenters. The Kier molecular flexibility index (Phi) is 5.02. The van der Waals surface area contributed by atoms with Crippen LogP contribution in [0.4, 0.5) is 13.2 Å². The van der Waals surface area contributed by atoms with Crippen molar-refractivity contribution in [3.63, 3.8) is 0 Å². The lowest BCUT2D eigenvalue weighted by atomic mass is 9.94. The predicted molar refractivity (Wildman–Crippen MR) is 62.5 cm³/mol. The highest BCUT2D eigenvalue weighted by atomic mass is 19.4. The number of hydrogen-bond donors (Lipinski definition) is 2. The van der Waals surface area contributed by atoms with Crippen LogP contribution in [0.1, 0.15) is 26.2 Å². The van der Waals surface area contributed by atoms with Crippen molar-refractivity contribution in [3.8, 4) is 0 Å². The fraction of sp³-hybridized carbons (Fsp3) is 0.818. The van der Waals surface area contributed by atoms with Gasteiger partial charge >= 0.3 is 6.18 Å². The van der Waals surface area contributed by atoms with Gasteiger partial charge in [0.1, 0.15) is 0 Å². The van der Waals surface area contributed by atoms with E-state index in [9.17, 15) is 18.0 Å². The summed E-state index contributed by atoms with van der Waals surface area (Å²) in [5.41, 5.74) is 5.40. The Bertz CT molecular complexity index is 350. The highest BCUT2D eigenvalue weighted by Gasteiger charge is 2.42. The first-order chi connectivity index (χ1) is 8.81. The third kappa shape index (κ3) is 3.74. The van der Waals surface area contributed by atoms with Crippen LogP contribution in [0, 0.1) is 11.8 Å². The van der Waals surface area contributed by atoms with Crippen LogP contribution in [-0.4, -0.2) is 41.1 Å². The molecule has 5 nitrogen and oxygen atoms in total. The first-order valence-corrected chi connectivity index (χ1v) is 6.14. The van der Waals surface area contributed by atoms with Crippen LogP contribution in [0.2, 0.25) is 0 Å². The highest BCUT2D eigenvalue weighted by molar-refractivity contribution is 6.02. The van der Waals surface area contributed by atoms with E-state index in [1.54, 1.807) is 6.92 Å². The zero-order chi connectivity index (χ0) is 14.6. The van der Waals surface area contributed by atoms with Crippen LogP contribution in [0.3, 0.4) is 0 Å². The van der Waals surface area contributed by atoms with Gasteiger partial charge in [-0.15, -0.1) is 0 Å². The molecule has 0 radical (unpaired) electrons. The minimum Gasteiger partial charge on any atom is -0.409 e. The average Bonchev–Trinajstić information content (AvgIpc) is 2.38. The molecule has 1 heterocycles. The molecule has 0 saturated carbocycles. The summed E-state index contributed by atoms with van der Waals surface area (Å²) >= 11 is 0. The minimum absolute atomic E-state index is 0.0538. The molecule has 0 aromatic rings. The van der Waals surface area contributed by atoms with Gasteiger partial charge in [0, 0.05) is 13.1 Å². The number of nitrogens with two attached hydrogens (primary N) is 1. The van der Waals surface area contributed by atoms with Crippen molar-refractivity contribution in [2.24, 2.45) is 22.7 Å². The second-order valence-corrected chi connectivity index (χ2v) is 4.63. The minimum atomic E-state index is -4.20. The lowest BCUT2D eigenvalue weighted by Crippen LogP contribution is -2.47. The molecule has 1 saturated heterocycles.